The first-order chi connectivity index (χ1) is 13.0. The Bertz CT molecular complexity index is 957. The highest BCUT2D eigenvalue weighted by Crippen LogP contribution is 2.32. The van der Waals surface area contributed by atoms with Crippen LogP contribution in [0.15, 0.2) is 40.6 Å². The lowest BCUT2D eigenvalue weighted by Gasteiger charge is -2.38. The number of carbonyl (C=O) groups excluding carboxylic acids is 1. The normalized spacial score (nSPS) is 21.1. The number of piperidine rings is 1. The van der Waals surface area contributed by atoms with E-state index in [2.05, 4.69) is 6.07 Å². The van der Waals surface area contributed by atoms with E-state index >= 15 is 0 Å². The third-order valence-electron chi connectivity index (χ3n) is 5.29. The first kappa shape index (κ1) is 18.9. The second-order valence-electron chi connectivity index (χ2n) is 6.96. The molecule has 1 saturated heterocycles. The van der Waals surface area contributed by atoms with E-state index in [-0.39, 0.29) is 10.1 Å². The molecular formula is C19H21ClN2O3S2. The molecule has 0 radical (unpaired) electrons. The van der Waals surface area contributed by atoms with Crippen LogP contribution in [0.4, 0.5) is 0 Å². The zero-order valence-electron chi connectivity index (χ0n) is 14.8. The summed E-state index contributed by atoms with van der Waals surface area (Å²) in [5, 5.41) is 0. The maximum absolute atomic E-state index is 13.3. The second kappa shape index (κ2) is 7.54. The number of hydrogen-bond acceptors (Lipinski definition) is 4. The Balaban J connectivity index is 1.58. The van der Waals surface area contributed by atoms with Gasteiger partial charge in [0.15, 0.2) is 0 Å². The fourth-order valence-corrected chi connectivity index (χ4v) is 7.15. The average molecular weight is 425 g/mol. The molecule has 8 heteroatoms. The van der Waals surface area contributed by atoms with Crippen molar-refractivity contribution >= 4 is 38.9 Å². The predicted octanol–water partition coefficient (Wildman–Crippen LogP) is 3.53. The average Bonchev–Trinajstić information content (AvgIpc) is 3.14. The molecular weight excluding hydrogens is 404 g/mol. The van der Waals surface area contributed by atoms with Gasteiger partial charge in [0.05, 0.1) is 4.34 Å². The number of sulfonamides is 1. The van der Waals surface area contributed by atoms with Gasteiger partial charge in [-0.1, -0.05) is 42.3 Å². The number of benzene rings is 1. The number of hydrogen-bond donors (Lipinski definition) is 0. The van der Waals surface area contributed by atoms with Gasteiger partial charge in [0, 0.05) is 19.6 Å². The number of carbonyl (C=O) groups is 1. The molecule has 1 fully saturated rings. The van der Waals surface area contributed by atoms with E-state index in [0.29, 0.717) is 30.4 Å². The molecule has 0 bridgehead atoms. The minimum absolute atomic E-state index is 0.0876. The molecule has 1 aromatic carbocycles. The molecule has 1 amide bonds. The number of thiophene rings is 1. The maximum Gasteiger partial charge on any atom is 0.253 e. The van der Waals surface area contributed by atoms with E-state index in [0.717, 1.165) is 36.2 Å². The topological polar surface area (TPSA) is 57.7 Å². The highest BCUT2D eigenvalue weighted by molar-refractivity contribution is 7.91. The van der Waals surface area contributed by atoms with Crippen LogP contribution < -0.4 is 0 Å². The van der Waals surface area contributed by atoms with Gasteiger partial charge < -0.3 is 4.90 Å². The zero-order valence-corrected chi connectivity index (χ0v) is 17.2. The Morgan fingerprint density at radius 2 is 1.85 bits per heavy atom. The Kier molecular flexibility index (Phi) is 5.29. The molecule has 0 spiro atoms. The van der Waals surface area contributed by atoms with Crippen molar-refractivity contribution in [2.75, 3.05) is 13.1 Å². The van der Waals surface area contributed by atoms with Crippen LogP contribution in [-0.2, 0) is 27.8 Å². The minimum atomic E-state index is -3.71. The van der Waals surface area contributed by atoms with Crippen LogP contribution in [-0.4, -0.2) is 42.7 Å². The van der Waals surface area contributed by atoms with Gasteiger partial charge in [-0.2, -0.15) is 4.31 Å². The quantitative estimate of drug-likeness (QED) is 0.757. The SMILES string of the molecule is O=C([C@@H]1CCCCN1S(=O)(=O)c1ccc(Cl)s1)N1CCc2ccccc2C1. The summed E-state index contributed by atoms with van der Waals surface area (Å²) in [5.74, 6) is -0.0876. The lowest BCUT2D eigenvalue weighted by atomic mass is 9.98. The van der Waals surface area contributed by atoms with Crippen LogP contribution in [0.25, 0.3) is 0 Å². The Labute approximate surface area is 168 Å². The summed E-state index contributed by atoms with van der Waals surface area (Å²) < 4.78 is 28.2. The smallest absolute Gasteiger partial charge is 0.253 e. The summed E-state index contributed by atoms with van der Waals surface area (Å²) in [6.45, 7) is 1.55. The van der Waals surface area contributed by atoms with Crippen LogP contribution >= 0.6 is 22.9 Å². The van der Waals surface area contributed by atoms with Gasteiger partial charge in [-0.15, -0.1) is 11.3 Å². The van der Waals surface area contributed by atoms with Gasteiger partial charge in [-0.3, -0.25) is 4.79 Å². The van der Waals surface area contributed by atoms with Crippen molar-refractivity contribution in [3.8, 4) is 0 Å². The number of halogens is 1. The van der Waals surface area contributed by atoms with Crippen molar-refractivity contribution in [1.82, 2.24) is 9.21 Å². The van der Waals surface area contributed by atoms with Crippen LogP contribution in [0.2, 0.25) is 4.34 Å². The highest BCUT2D eigenvalue weighted by Gasteiger charge is 2.40. The summed E-state index contributed by atoms with van der Waals surface area (Å²) in [6, 6.07) is 10.6. The molecule has 0 unspecified atom stereocenters. The van der Waals surface area contributed by atoms with Crippen molar-refractivity contribution in [2.24, 2.45) is 0 Å². The van der Waals surface area contributed by atoms with Gasteiger partial charge in [0.25, 0.3) is 10.0 Å². The molecule has 2 aromatic rings. The summed E-state index contributed by atoms with van der Waals surface area (Å²) >= 11 is 6.97. The van der Waals surface area contributed by atoms with Gasteiger partial charge >= 0.3 is 0 Å². The molecule has 144 valence electrons. The second-order valence-corrected chi connectivity index (χ2v) is 10.8. The van der Waals surface area contributed by atoms with Crippen LogP contribution in [0.1, 0.15) is 30.4 Å². The number of rotatable bonds is 3. The number of amides is 1. The molecule has 3 heterocycles. The molecule has 27 heavy (non-hydrogen) atoms. The van der Waals surface area contributed by atoms with Crippen molar-refractivity contribution in [2.45, 2.75) is 42.5 Å². The predicted molar refractivity (Wildman–Crippen MR) is 106 cm³/mol. The van der Waals surface area contributed by atoms with Crippen molar-refractivity contribution in [3.63, 3.8) is 0 Å². The first-order valence-corrected chi connectivity index (χ1v) is 11.7. The standard InChI is InChI=1S/C19H21ClN2O3S2/c20-17-8-9-18(26-17)27(24,25)22-11-4-3-7-16(22)19(23)21-12-10-14-5-1-2-6-15(14)13-21/h1-2,5-6,8-9,16H,3-4,7,10-13H2/t16-/m0/s1. The molecule has 4 rings (SSSR count). The number of fused-ring (bicyclic) bond motifs is 1. The Hall–Kier alpha value is -1.41. The summed E-state index contributed by atoms with van der Waals surface area (Å²) in [4.78, 5) is 15.1. The van der Waals surface area contributed by atoms with Crippen molar-refractivity contribution < 1.29 is 13.2 Å². The van der Waals surface area contributed by atoms with Crippen LogP contribution in [0.5, 0.6) is 0 Å². The van der Waals surface area contributed by atoms with Crippen LogP contribution in [0.3, 0.4) is 0 Å². The molecule has 0 N–H and O–H groups in total. The van der Waals surface area contributed by atoms with Gasteiger partial charge in [0.2, 0.25) is 5.91 Å². The van der Waals surface area contributed by atoms with Gasteiger partial charge in [-0.25, -0.2) is 8.42 Å². The van der Waals surface area contributed by atoms with E-state index in [1.807, 2.05) is 23.1 Å². The first-order valence-electron chi connectivity index (χ1n) is 9.09. The minimum Gasteiger partial charge on any atom is -0.337 e. The maximum atomic E-state index is 13.3. The largest absolute Gasteiger partial charge is 0.337 e. The van der Waals surface area contributed by atoms with Crippen molar-refractivity contribution in [1.29, 1.82) is 0 Å². The molecule has 0 aliphatic carbocycles. The molecule has 2 aliphatic rings. The van der Waals surface area contributed by atoms with E-state index in [9.17, 15) is 13.2 Å². The fraction of sp³-hybridized carbons (Fsp3) is 0.421. The third kappa shape index (κ3) is 3.66. The summed E-state index contributed by atoms with van der Waals surface area (Å²) in [7, 11) is -3.71. The van der Waals surface area contributed by atoms with E-state index in [4.69, 9.17) is 11.6 Å². The third-order valence-corrected chi connectivity index (χ3v) is 8.90. The van der Waals surface area contributed by atoms with E-state index in [1.165, 1.54) is 15.9 Å². The van der Waals surface area contributed by atoms with E-state index < -0.39 is 16.1 Å². The molecule has 1 atom stereocenters. The lowest BCUT2D eigenvalue weighted by molar-refractivity contribution is -0.137. The van der Waals surface area contributed by atoms with Gasteiger partial charge in [-0.05, 0) is 42.5 Å². The summed E-state index contributed by atoms with van der Waals surface area (Å²) in [6.07, 6.45) is 3.00. The van der Waals surface area contributed by atoms with Gasteiger partial charge in [0.1, 0.15) is 10.3 Å². The molecule has 0 saturated carbocycles. The zero-order chi connectivity index (χ0) is 19.0. The number of nitrogens with zero attached hydrogens (tertiary/aromatic N) is 2. The Morgan fingerprint density at radius 3 is 2.59 bits per heavy atom. The van der Waals surface area contributed by atoms with Crippen LogP contribution in [0, 0.1) is 0 Å². The Morgan fingerprint density at radius 1 is 1.07 bits per heavy atom. The molecule has 5 nitrogen and oxygen atoms in total. The van der Waals surface area contributed by atoms with Crippen molar-refractivity contribution in [3.05, 3.63) is 51.9 Å². The monoisotopic (exact) mass is 424 g/mol. The fourth-order valence-electron chi connectivity index (χ4n) is 3.89. The summed E-state index contributed by atoms with van der Waals surface area (Å²) in [5.41, 5.74) is 2.41. The highest BCUT2D eigenvalue weighted by atomic mass is 35.5. The van der Waals surface area contributed by atoms with E-state index in [1.54, 1.807) is 6.07 Å². The molecule has 2 aliphatic heterocycles. The lowest BCUT2D eigenvalue weighted by Crippen LogP contribution is -2.53. The molecule has 1 aromatic heterocycles.